The molecular formula is C9H9N3OS2. The van der Waals surface area contributed by atoms with Crippen LogP contribution in [0.4, 0.5) is 5.69 Å². The predicted octanol–water partition coefficient (Wildman–Crippen LogP) is 2.28. The highest BCUT2D eigenvalue weighted by molar-refractivity contribution is 8.01. The van der Waals surface area contributed by atoms with Gasteiger partial charge in [-0.15, -0.1) is 10.2 Å². The molecule has 0 fully saturated rings. The lowest BCUT2D eigenvalue weighted by Crippen LogP contribution is -1.88. The van der Waals surface area contributed by atoms with Gasteiger partial charge in [0.2, 0.25) is 0 Å². The second-order valence-corrected chi connectivity index (χ2v) is 4.90. The molecule has 0 saturated heterocycles. The van der Waals surface area contributed by atoms with Crippen LogP contribution in [-0.4, -0.2) is 17.3 Å². The number of nitrogen functional groups attached to an aromatic ring is 1. The largest absolute Gasteiger partial charge is 0.497 e. The van der Waals surface area contributed by atoms with Crippen molar-refractivity contribution in [1.29, 1.82) is 0 Å². The zero-order valence-corrected chi connectivity index (χ0v) is 9.64. The molecule has 0 unspecified atom stereocenters. The Morgan fingerprint density at radius 3 is 2.93 bits per heavy atom. The third-order valence-corrected chi connectivity index (χ3v) is 3.43. The van der Waals surface area contributed by atoms with E-state index in [9.17, 15) is 0 Å². The van der Waals surface area contributed by atoms with E-state index < -0.39 is 0 Å². The minimum Gasteiger partial charge on any atom is -0.497 e. The second kappa shape index (κ2) is 4.50. The maximum atomic E-state index is 5.74. The number of nitrogens with zero attached hydrogens (tertiary/aromatic N) is 2. The van der Waals surface area contributed by atoms with Gasteiger partial charge in [0.05, 0.1) is 7.11 Å². The molecular weight excluding hydrogens is 230 g/mol. The minimum absolute atomic E-state index is 0.682. The summed E-state index contributed by atoms with van der Waals surface area (Å²) in [5, 5.41) is 7.72. The summed E-state index contributed by atoms with van der Waals surface area (Å²) < 4.78 is 6.02. The molecule has 6 heteroatoms. The van der Waals surface area contributed by atoms with Crippen LogP contribution >= 0.6 is 23.1 Å². The summed E-state index contributed by atoms with van der Waals surface area (Å²) in [6.45, 7) is 0. The highest BCUT2D eigenvalue weighted by atomic mass is 32.2. The Kier molecular flexibility index (Phi) is 3.08. The van der Waals surface area contributed by atoms with Crippen LogP contribution in [-0.2, 0) is 0 Å². The van der Waals surface area contributed by atoms with E-state index in [0.29, 0.717) is 5.69 Å². The van der Waals surface area contributed by atoms with Crippen LogP contribution in [0.2, 0.25) is 0 Å². The highest BCUT2D eigenvalue weighted by Crippen LogP contribution is 2.32. The van der Waals surface area contributed by atoms with Gasteiger partial charge in [-0.25, -0.2) is 0 Å². The van der Waals surface area contributed by atoms with Gasteiger partial charge in [-0.1, -0.05) is 23.1 Å². The van der Waals surface area contributed by atoms with Gasteiger partial charge in [-0.2, -0.15) is 0 Å². The molecule has 0 aliphatic carbocycles. The lowest BCUT2D eigenvalue weighted by molar-refractivity contribution is 0.414. The molecule has 2 aromatic rings. The molecule has 15 heavy (non-hydrogen) atoms. The zero-order valence-electron chi connectivity index (χ0n) is 8.01. The van der Waals surface area contributed by atoms with E-state index in [1.54, 1.807) is 18.7 Å². The van der Waals surface area contributed by atoms with Gasteiger partial charge in [-0.05, 0) is 12.1 Å². The van der Waals surface area contributed by atoms with Gasteiger partial charge in [0.1, 0.15) is 11.3 Å². The summed E-state index contributed by atoms with van der Waals surface area (Å²) in [6.07, 6.45) is 0. The predicted molar refractivity (Wildman–Crippen MR) is 61.4 cm³/mol. The molecule has 0 atom stereocenters. The Bertz CT molecular complexity index is 445. The highest BCUT2D eigenvalue weighted by Gasteiger charge is 2.03. The van der Waals surface area contributed by atoms with Gasteiger partial charge >= 0.3 is 0 Å². The molecule has 0 saturated carbocycles. The van der Waals surface area contributed by atoms with Crippen molar-refractivity contribution >= 4 is 28.8 Å². The quantitative estimate of drug-likeness (QED) is 0.833. The molecule has 1 heterocycles. The Morgan fingerprint density at radius 2 is 2.27 bits per heavy atom. The van der Waals surface area contributed by atoms with Gasteiger partial charge in [0.25, 0.3) is 0 Å². The molecule has 0 aliphatic rings. The molecule has 0 spiro atoms. The van der Waals surface area contributed by atoms with Gasteiger partial charge < -0.3 is 10.5 Å². The third-order valence-electron chi connectivity index (χ3n) is 1.68. The molecule has 0 bridgehead atoms. The van der Waals surface area contributed by atoms with Crippen molar-refractivity contribution < 1.29 is 4.74 Å². The summed E-state index contributed by atoms with van der Waals surface area (Å²) in [6, 6.07) is 5.58. The van der Waals surface area contributed by atoms with Gasteiger partial charge in [-0.3, -0.25) is 0 Å². The lowest BCUT2D eigenvalue weighted by atomic mass is 10.3. The van der Waals surface area contributed by atoms with E-state index in [2.05, 4.69) is 10.2 Å². The molecule has 0 amide bonds. The molecule has 4 nitrogen and oxygen atoms in total. The standard InChI is InChI=1S/C9H9N3OS2/c1-13-7-2-6(10)3-8(4-7)15-9-12-11-5-14-9/h2-5H,10H2,1H3. The van der Waals surface area contributed by atoms with Crippen LogP contribution < -0.4 is 10.5 Å². The van der Waals surface area contributed by atoms with E-state index in [4.69, 9.17) is 10.5 Å². The van der Waals surface area contributed by atoms with Crippen LogP contribution in [0.25, 0.3) is 0 Å². The van der Waals surface area contributed by atoms with E-state index in [-0.39, 0.29) is 0 Å². The normalized spacial score (nSPS) is 10.2. The second-order valence-electron chi connectivity index (χ2n) is 2.75. The maximum absolute atomic E-state index is 5.74. The summed E-state index contributed by atoms with van der Waals surface area (Å²) in [7, 11) is 1.62. The van der Waals surface area contributed by atoms with E-state index >= 15 is 0 Å². The fraction of sp³-hybridized carbons (Fsp3) is 0.111. The van der Waals surface area contributed by atoms with Crippen molar-refractivity contribution in [1.82, 2.24) is 10.2 Å². The first-order chi connectivity index (χ1) is 7.28. The van der Waals surface area contributed by atoms with Crippen molar-refractivity contribution in [3.63, 3.8) is 0 Å². The van der Waals surface area contributed by atoms with Gasteiger partial charge in [0, 0.05) is 16.6 Å². The van der Waals surface area contributed by atoms with Gasteiger partial charge in [0.15, 0.2) is 4.34 Å². The summed E-state index contributed by atoms with van der Waals surface area (Å²) in [5.74, 6) is 0.752. The number of aromatic nitrogens is 2. The molecule has 2 N–H and O–H groups in total. The SMILES string of the molecule is COc1cc(N)cc(Sc2nncs2)c1. The fourth-order valence-electron chi connectivity index (χ4n) is 1.08. The molecule has 0 aliphatic heterocycles. The number of hydrogen-bond acceptors (Lipinski definition) is 6. The Morgan fingerprint density at radius 1 is 1.40 bits per heavy atom. The zero-order chi connectivity index (χ0) is 10.7. The summed E-state index contributed by atoms with van der Waals surface area (Å²) in [4.78, 5) is 1.00. The van der Waals surface area contributed by atoms with Crippen LogP contribution in [0.1, 0.15) is 0 Å². The minimum atomic E-state index is 0.682. The van der Waals surface area contributed by atoms with E-state index in [1.807, 2.05) is 12.1 Å². The molecule has 78 valence electrons. The average Bonchev–Trinajstić information content (AvgIpc) is 2.69. The number of ether oxygens (including phenoxy) is 1. The first kappa shape index (κ1) is 10.3. The Hall–Kier alpha value is -1.27. The van der Waals surface area contributed by atoms with Crippen LogP contribution in [0.15, 0.2) is 32.9 Å². The van der Waals surface area contributed by atoms with Crippen molar-refractivity contribution in [3.05, 3.63) is 23.7 Å². The maximum Gasteiger partial charge on any atom is 0.178 e. The fourth-order valence-corrected chi connectivity index (χ4v) is 2.63. The van der Waals surface area contributed by atoms with Crippen LogP contribution in [0.3, 0.4) is 0 Å². The van der Waals surface area contributed by atoms with E-state index in [0.717, 1.165) is 15.0 Å². The third kappa shape index (κ3) is 2.60. The number of rotatable bonds is 3. The topological polar surface area (TPSA) is 61.0 Å². The molecule has 2 rings (SSSR count). The molecule has 1 aromatic heterocycles. The van der Waals surface area contributed by atoms with Crippen molar-refractivity contribution in [2.75, 3.05) is 12.8 Å². The first-order valence-electron chi connectivity index (χ1n) is 4.16. The summed E-state index contributed by atoms with van der Waals surface area (Å²) >= 11 is 3.02. The van der Waals surface area contributed by atoms with Crippen molar-refractivity contribution in [2.24, 2.45) is 0 Å². The van der Waals surface area contributed by atoms with Crippen LogP contribution in [0.5, 0.6) is 5.75 Å². The van der Waals surface area contributed by atoms with Crippen LogP contribution in [0, 0.1) is 0 Å². The lowest BCUT2D eigenvalue weighted by Gasteiger charge is -2.04. The number of nitrogens with two attached hydrogens (primary N) is 1. The first-order valence-corrected chi connectivity index (χ1v) is 5.86. The molecule has 1 aromatic carbocycles. The van der Waals surface area contributed by atoms with E-state index in [1.165, 1.54) is 23.1 Å². The van der Waals surface area contributed by atoms with Crippen molar-refractivity contribution in [3.8, 4) is 5.75 Å². The molecule has 0 radical (unpaired) electrons. The smallest absolute Gasteiger partial charge is 0.178 e. The number of hydrogen-bond donors (Lipinski definition) is 1. The Balaban J connectivity index is 2.24. The number of methoxy groups -OCH3 is 1. The Labute approximate surface area is 95.5 Å². The summed E-state index contributed by atoms with van der Waals surface area (Å²) in [5.41, 5.74) is 8.12. The number of anilines is 1. The monoisotopic (exact) mass is 239 g/mol. The number of benzene rings is 1. The average molecular weight is 239 g/mol. The van der Waals surface area contributed by atoms with Crippen molar-refractivity contribution in [2.45, 2.75) is 9.24 Å².